The predicted octanol–water partition coefficient (Wildman–Crippen LogP) is 2.39. The minimum absolute atomic E-state index is 0.374. The number of H-pyrrole nitrogens is 1. The van der Waals surface area contributed by atoms with Gasteiger partial charge in [0.15, 0.2) is 17.2 Å². The number of nitrogens with one attached hydrogen (secondary N) is 2. The van der Waals surface area contributed by atoms with Gasteiger partial charge in [0.1, 0.15) is 16.8 Å². The fourth-order valence-electron chi connectivity index (χ4n) is 2.69. The molecule has 5 aromatic rings. The molecule has 0 spiro atoms. The molecule has 0 bridgehead atoms. The summed E-state index contributed by atoms with van der Waals surface area (Å²) in [4.78, 5) is 16.0. The maximum atomic E-state index is 5.82. The Hall–Kier alpha value is -3.75. The van der Waals surface area contributed by atoms with Crippen LogP contribution in [0.3, 0.4) is 0 Å². The van der Waals surface area contributed by atoms with Crippen LogP contribution in [0, 0.1) is 0 Å². The Morgan fingerprint density at radius 2 is 2.12 bits per heavy atom. The number of imidazole rings is 1. The lowest BCUT2D eigenvalue weighted by Gasteiger charge is -2.03. The fraction of sp³-hybridized carbons (Fsp3) is 0.0625. The molecule has 2 N–H and O–H groups in total. The number of benzene rings is 1. The van der Waals surface area contributed by atoms with Gasteiger partial charge in [0.25, 0.3) is 5.95 Å². The maximum Gasteiger partial charge on any atom is 0.256 e. The van der Waals surface area contributed by atoms with E-state index in [2.05, 4.69) is 35.6 Å². The molecule has 0 radical (unpaired) electrons. The zero-order valence-corrected chi connectivity index (χ0v) is 13.1. The highest BCUT2D eigenvalue weighted by atomic mass is 16.3. The summed E-state index contributed by atoms with van der Waals surface area (Å²) in [6.07, 6.45) is 3.30. The van der Waals surface area contributed by atoms with Crippen LogP contribution in [0.4, 0.5) is 5.82 Å². The third-order valence-corrected chi connectivity index (χ3v) is 3.89. The Morgan fingerprint density at radius 3 is 3.00 bits per heavy atom. The van der Waals surface area contributed by atoms with Gasteiger partial charge in [-0.25, -0.2) is 4.98 Å². The summed E-state index contributed by atoms with van der Waals surface area (Å²) < 4.78 is 7.32. The van der Waals surface area contributed by atoms with Crippen LogP contribution in [0.25, 0.3) is 39.5 Å². The van der Waals surface area contributed by atoms with Crippen LogP contribution in [0.1, 0.15) is 0 Å². The molecule has 1 aromatic carbocycles. The standard InChI is InChI=1S/C16H12N8O/c1-17-14-13-15(19-8-18-13)21-16(20-14)24-7-10(22-23-24)12-6-9-4-2-3-5-11(9)25-12/h2-8H,1H3,(H2,17,18,19,20,21). The molecule has 0 saturated heterocycles. The first kappa shape index (κ1) is 13.7. The summed E-state index contributed by atoms with van der Waals surface area (Å²) in [5, 5.41) is 12.3. The highest BCUT2D eigenvalue weighted by molar-refractivity contribution is 5.83. The molecule has 0 unspecified atom stereocenters. The Balaban J connectivity index is 1.60. The molecule has 0 saturated carbocycles. The third kappa shape index (κ3) is 2.13. The number of hydrogen-bond acceptors (Lipinski definition) is 7. The second-order valence-electron chi connectivity index (χ2n) is 5.42. The Labute approximate surface area is 140 Å². The van der Waals surface area contributed by atoms with E-state index in [-0.39, 0.29) is 0 Å². The van der Waals surface area contributed by atoms with E-state index in [0.717, 1.165) is 16.5 Å². The van der Waals surface area contributed by atoms with Crippen LogP contribution in [-0.4, -0.2) is 42.0 Å². The fourth-order valence-corrected chi connectivity index (χ4v) is 2.69. The van der Waals surface area contributed by atoms with Crippen molar-refractivity contribution in [3.8, 4) is 17.4 Å². The number of anilines is 1. The zero-order valence-electron chi connectivity index (χ0n) is 13.1. The first-order valence-corrected chi connectivity index (χ1v) is 7.62. The SMILES string of the molecule is CNc1nc(-n2cc(-c3cc4ccccc4o3)nn2)nc2nc[nH]c12. The predicted molar refractivity (Wildman–Crippen MR) is 91.4 cm³/mol. The molecule has 5 rings (SSSR count). The quantitative estimate of drug-likeness (QED) is 0.522. The normalized spacial score (nSPS) is 11.4. The van der Waals surface area contributed by atoms with Crippen molar-refractivity contribution in [2.75, 3.05) is 12.4 Å². The number of fused-ring (bicyclic) bond motifs is 2. The molecule has 122 valence electrons. The van der Waals surface area contributed by atoms with Crippen molar-refractivity contribution < 1.29 is 4.42 Å². The molecule has 0 aliphatic carbocycles. The summed E-state index contributed by atoms with van der Waals surface area (Å²) in [6.45, 7) is 0. The Kier molecular flexibility index (Phi) is 2.80. The molecule has 9 heteroatoms. The van der Waals surface area contributed by atoms with Gasteiger partial charge in [-0.05, 0) is 12.1 Å². The molecule has 0 fully saturated rings. The van der Waals surface area contributed by atoms with Gasteiger partial charge in [-0.2, -0.15) is 14.6 Å². The third-order valence-electron chi connectivity index (χ3n) is 3.89. The first-order valence-electron chi connectivity index (χ1n) is 7.62. The molecule has 0 aliphatic heterocycles. The average molecular weight is 332 g/mol. The van der Waals surface area contributed by atoms with E-state index in [1.807, 2.05) is 30.3 Å². The van der Waals surface area contributed by atoms with E-state index in [9.17, 15) is 0 Å². The topological polar surface area (TPSA) is 110 Å². The largest absolute Gasteiger partial charge is 0.454 e. The molecule has 4 heterocycles. The van der Waals surface area contributed by atoms with E-state index < -0.39 is 0 Å². The lowest BCUT2D eigenvalue weighted by Crippen LogP contribution is -2.05. The van der Waals surface area contributed by atoms with E-state index in [4.69, 9.17) is 4.42 Å². The minimum Gasteiger partial charge on any atom is -0.454 e. The lowest BCUT2D eigenvalue weighted by atomic mass is 10.2. The van der Waals surface area contributed by atoms with Crippen LogP contribution < -0.4 is 5.32 Å². The van der Waals surface area contributed by atoms with Gasteiger partial charge in [-0.1, -0.05) is 23.4 Å². The van der Waals surface area contributed by atoms with E-state index in [1.165, 1.54) is 4.68 Å². The van der Waals surface area contributed by atoms with Crippen molar-refractivity contribution in [3.63, 3.8) is 0 Å². The number of furan rings is 1. The van der Waals surface area contributed by atoms with Crippen LogP contribution in [0.15, 0.2) is 47.3 Å². The van der Waals surface area contributed by atoms with Gasteiger partial charge in [-0.15, -0.1) is 5.10 Å². The van der Waals surface area contributed by atoms with E-state index in [1.54, 1.807) is 19.6 Å². The molecule has 9 nitrogen and oxygen atoms in total. The minimum atomic E-state index is 0.374. The van der Waals surface area contributed by atoms with Crippen molar-refractivity contribution in [2.45, 2.75) is 0 Å². The number of nitrogens with zero attached hydrogens (tertiary/aromatic N) is 6. The van der Waals surface area contributed by atoms with Crippen LogP contribution in [0.5, 0.6) is 0 Å². The molecule has 0 aliphatic rings. The summed E-state index contributed by atoms with van der Waals surface area (Å²) in [5.74, 6) is 1.65. The summed E-state index contributed by atoms with van der Waals surface area (Å²) >= 11 is 0. The zero-order chi connectivity index (χ0) is 16.8. The molecule has 0 amide bonds. The van der Waals surface area contributed by atoms with Crippen LogP contribution in [0.2, 0.25) is 0 Å². The molecular weight excluding hydrogens is 320 g/mol. The highest BCUT2D eigenvalue weighted by Gasteiger charge is 2.14. The number of para-hydroxylation sites is 1. The number of hydrogen-bond donors (Lipinski definition) is 2. The van der Waals surface area contributed by atoms with Crippen molar-refractivity contribution in [1.29, 1.82) is 0 Å². The lowest BCUT2D eigenvalue weighted by molar-refractivity contribution is 0.628. The van der Waals surface area contributed by atoms with Gasteiger partial charge >= 0.3 is 0 Å². The summed E-state index contributed by atoms with van der Waals surface area (Å²) in [5.41, 5.74) is 2.70. The van der Waals surface area contributed by atoms with Gasteiger partial charge in [0.05, 0.1) is 12.5 Å². The summed E-state index contributed by atoms with van der Waals surface area (Å²) in [6, 6.07) is 9.72. The first-order chi connectivity index (χ1) is 12.3. The Morgan fingerprint density at radius 1 is 1.20 bits per heavy atom. The molecule has 0 atom stereocenters. The van der Waals surface area contributed by atoms with Gasteiger partial charge in [0.2, 0.25) is 0 Å². The van der Waals surface area contributed by atoms with Crippen molar-refractivity contribution in [2.24, 2.45) is 0 Å². The molecule has 25 heavy (non-hydrogen) atoms. The van der Waals surface area contributed by atoms with Crippen molar-refractivity contribution in [3.05, 3.63) is 42.9 Å². The second-order valence-corrected chi connectivity index (χ2v) is 5.42. The van der Waals surface area contributed by atoms with Gasteiger partial charge in [-0.3, -0.25) is 0 Å². The average Bonchev–Trinajstić information content (AvgIpc) is 3.37. The smallest absolute Gasteiger partial charge is 0.256 e. The van der Waals surface area contributed by atoms with E-state index >= 15 is 0 Å². The highest BCUT2D eigenvalue weighted by Crippen LogP contribution is 2.26. The van der Waals surface area contributed by atoms with Crippen LogP contribution >= 0.6 is 0 Å². The number of aromatic amines is 1. The maximum absolute atomic E-state index is 5.82. The number of aromatic nitrogens is 7. The van der Waals surface area contributed by atoms with Crippen LogP contribution in [-0.2, 0) is 0 Å². The van der Waals surface area contributed by atoms with Crippen molar-refractivity contribution in [1.82, 2.24) is 34.9 Å². The second kappa shape index (κ2) is 5.13. The monoisotopic (exact) mass is 332 g/mol. The Bertz CT molecular complexity index is 1170. The summed E-state index contributed by atoms with van der Waals surface area (Å²) in [7, 11) is 1.79. The van der Waals surface area contributed by atoms with Gasteiger partial charge in [0, 0.05) is 12.4 Å². The number of rotatable bonds is 3. The molecule has 4 aromatic heterocycles. The molecular formula is C16H12N8O. The van der Waals surface area contributed by atoms with E-state index in [0.29, 0.717) is 28.9 Å². The van der Waals surface area contributed by atoms with Crippen molar-refractivity contribution >= 4 is 28.0 Å². The van der Waals surface area contributed by atoms with Gasteiger partial charge < -0.3 is 14.7 Å².